The van der Waals surface area contributed by atoms with Gasteiger partial charge in [0, 0.05) is 17.8 Å². The summed E-state index contributed by atoms with van der Waals surface area (Å²) >= 11 is 1.39. The fraction of sp³-hybridized carbons (Fsp3) is 0.190. The van der Waals surface area contributed by atoms with Gasteiger partial charge in [-0.25, -0.2) is 9.07 Å². The quantitative estimate of drug-likeness (QED) is 0.502. The third-order valence-electron chi connectivity index (χ3n) is 4.90. The molecule has 2 aromatic heterocycles. The number of aromatic nitrogens is 3. The van der Waals surface area contributed by atoms with Crippen LogP contribution in [0.4, 0.5) is 4.39 Å². The molecule has 3 heterocycles. The first-order chi connectivity index (χ1) is 14.2. The minimum atomic E-state index is -0.295. The summed E-state index contributed by atoms with van der Waals surface area (Å²) in [7, 11) is 0. The van der Waals surface area contributed by atoms with E-state index in [9.17, 15) is 9.18 Å². The Morgan fingerprint density at radius 3 is 2.83 bits per heavy atom. The molecule has 4 aromatic rings. The van der Waals surface area contributed by atoms with E-state index in [4.69, 9.17) is 4.74 Å². The molecule has 0 radical (unpaired) electrons. The van der Waals surface area contributed by atoms with E-state index in [0.717, 1.165) is 21.5 Å². The predicted octanol–water partition coefficient (Wildman–Crippen LogP) is 3.91. The molecule has 8 heteroatoms. The van der Waals surface area contributed by atoms with Gasteiger partial charge in [0.1, 0.15) is 23.9 Å². The summed E-state index contributed by atoms with van der Waals surface area (Å²) in [5, 5.41) is 9.08. The average Bonchev–Trinajstić information content (AvgIpc) is 3.32. The van der Waals surface area contributed by atoms with E-state index in [0.29, 0.717) is 24.6 Å². The van der Waals surface area contributed by atoms with Crippen LogP contribution < -0.4 is 4.74 Å². The number of ether oxygens (including phenoxy) is 1. The number of rotatable bonds is 5. The molecular weight excluding hydrogens is 391 g/mol. The number of amides is 1. The summed E-state index contributed by atoms with van der Waals surface area (Å²) in [4.78, 5) is 15.1. The number of benzene rings is 2. The van der Waals surface area contributed by atoms with E-state index in [1.54, 1.807) is 21.7 Å². The van der Waals surface area contributed by atoms with E-state index in [1.807, 2.05) is 36.5 Å². The van der Waals surface area contributed by atoms with E-state index in [-0.39, 0.29) is 17.8 Å². The van der Waals surface area contributed by atoms with Crippen molar-refractivity contribution < 1.29 is 13.9 Å². The van der Waals surface area contributed by atoms with Crippen LogP contribution in [-0.4, -0.2) is 38.9 Å². The summed E-state index contributed by atoms with van der Waals surface area (Å²) in [6, 6.07) is 16.0. The average molecular weight is 408 g/mol. The topological polar surface area (TPSA) is 60.2 Å². The standard InChI is InChI=1S/C21H17FN4O2S/c22-15-6-7-19-14(8-15)9-20(29-19)21(27)25-11-17(12-25)26-10-16(23-24-26)13-28-18-4-2-1-3-5-18/h1-10,17H,11-13H2. The Balaban J connectivity index is 1.19. The van der Waals surface area contributed by atoms with Crippen molar-refractivity contribution in [3.05, 3.63) is 77.2 Å². The van der Waals surface area contributed by atoms with Crippen molar-refractivity contribution in [3.63, 3.8) is 0 Å². The van der Waals surface area contributed by atoms with Crippen LogP contribution >= 0.6 is 11.3 Å². The molecule has 6 nitrogen and oxygen atoms in total. The van der Waals surface area contributed by atoms with Gasteiger partial charge in [0.2, 0.25) is 0 Å². The number of thiophene rings is 1. The Kier molecular flexibility index (Phi) is 4.48. The molecule has 1 fully saturated rings. The Bertz CT molecular complexity index is 1170. The van der Waals surface area contributed by atoms with Crippen molar-refractivity contribution in [2.45, 2.75) is 12.6 Å². The van der Waals surface area contributed by atoms with Gasteiger partial charge in [-0.05, 0) is 41.8 Å². The van der Waals surface area contributed by atoms with Crippen LogP contribution in [0.1, 0.15) is 21.4 Å². The normalized spacial score (nSPS) is 14.2. The highest BCUT2D eigenvalue weighted by Crippen LogP contribution is 2.30. The number of carbonyl (C=O) groups is 1. The van der Waals surface area contributed by atoms with Crippen molar-refractivity contribution in [2.24, 2.45) is 0 Å². The van der Waals surface area contributed by atoms with Crippen molar-refractivity contribution in [3.8, 4) is 5.75 Å². The van der Waals surface area contributed by atoms with Gasteiger partial charge in [0.15, 0.2) is 0 Å². The first-order valence-corrected chi connectivity index (χ1v) is 10.0. The lowest BCUT2D eigenvalue weighted by Gasteiger charge is -2.38. The lowest BCUT2D eigenvalue weighted by atomic mass is 10.1. The Morgan fingerprint density at radius 1 is 1.17 bits per heavy atom. The summed E-state index contributed by atoms with van der Waals surface area (Å²) in [6.07, 6.45) is 1.86. The molecule has 146 valence electrons. The molecular formula is C21H17FN4O2S. The molecule has 2 aromatic carbocycles. The molecule has 0 spiro atoms. The van der Waals surface area contributed by atoms with Gasteiger partial charge in [0.25, 0.3) is 5.91 Å². The minimum Gasteiger partial charge on any atom is -0.487 e. The lowest BCUT2D eigenvalue weighted by Crippen LogP contribution is -2.50. The highest BCUT2D eigenvalue weighted by molar-refractivity contribution is 7.20. The molecule has 0 unspecified atom stereocenters. The Hall–Kier alpha value is -3.26. The smallest absolute Gasteiger partial charge is 0.264 e. The molecule has 1 aliphatic rings. The number of likely N-dealkylation sites (tertiary alicyclic amines) is 1. The molecule has 29 heavy (non-hydrogen) atoms. The zero-order valence-corrected chi connectivity index (χ0v) is 16.2. The Morgan fingerprint density at radius 2 is 2.00 bits per heavy atom. The van der Waals surface area contributed by atoms with Gasteiger partial charge in [0.05, 0.1) is 17.1 Å². The van der Waals surface area contributed by atoms with E-state index >= 15 is 0 Å². The molecule has 0 aliphatic carbocycles. The van der Waals surface area contributed by atoms with Gasteiger partial charge >= 0.3 is 0 Å². The van der Waals surface area contributed by atoms with Crippen LogP contribution in [0.2, 0.25) is 0 Å². The fourth-order valence-electron chi connectivity index (χ4n) is 3.30. The summed E-state index contributed by atoms with van der Waals surface area (Å²) < 4.78 is 21.7. The van der Waals surface area contributed by atoms with E-state index < -0.39 is 0 Å². The van der Waals surface area contributed by atoms with E-state index in [1.165, 1.54) is 23.5 Å². The molecule has 0 bridgehead atoms. The number of hydrogen-bond donors (Lipinski definition) is 0. The SMILES string of the molecule is O=C(c1cc2cc(F)ccc2s1)N1CC(n2cc(COc3ccccc3)nn2)C1. The zero-order valence-electron chi connectivity index (χ0n) is 15.4. The second-order valence-corrected chi connectivity index (χ2v) is 8.03. The lowest BCUT2D eigenvalue weighted by molar-refractivity contribution is 0.0503. The van der Waals surface area contributed by atoms with Gasteiger partial charge in [-0.2, -0.15) is 0 Å². The Labute approximate surface area is 170 Å². The molecule has 0 N–H and O–H groups in total. The minimum absolute atomic E-state index is 0.0318. The zero-order chi connectivity index (χ0) is 19.8. The van der Waals surface area contributed by atoms with Crippen molar-refractivity contribution in [2.75, 3.05) is 13.1 Å². The fourth-order valence-corrected chi connectivity index (χ4v) is 4.31. The molecule has 1 saturated heterocycles. The third-order valence-corrected chi connectivity index (χ3v) is 6.00. The second kappa shape index (κ2) is 7.29. The summed E-state index contributed by atoms with van der Waals surface area (Å²) in [5.41, 5.74) is 0.741. The second-order valence-electron chi connectivity index (χ2n) is 6.95. The van der Waals surface area contributed by atoms with Gasteiger partial charge in [-0.15, -0.1) is 16.4 Å². The number of fused-ring (bicyclic) bond motifs is 1. The molecule has 0 saturated carbocycles. The first-order valence-electron chi connectivity index (χ1n) is 9.23. The van der Waals surface area contributed by atoms with Crippen molar-refractivity contribution >= 4 is 27.3 Å². The monoisotopic (exact) mass is 408 g/mol. The van der Waals surface area contributed by atoms with Crippen molar-refractivity contribution in [1.82, 2.24) is 19.9 Å². The van der Waals surface area contributed by atoms with Gasteiger partial charge in [-0.1, -0.05) is 23.4 Å². The molecule has 1 amide bonds. The highest BCUT2D eigenvalue weighted by Gasteiger charge is 2.34. The van der Waals surface area contributed by atoms with Crippen LogP contribution in [-0.2, 0) is 6.61 Å². The van der Waals surface area contributed by atoms with Crippen LogP contribution in [0.25, 0.3) is 10.1 Å². The maximum absolute atomic E-state index is 13.4. The first kappa shape index (κ1) is 17.8. The largest absolute Gasteiger partial charge is 0.487 e. The van der Waals surface area contributed by atoms with Gasteiger partial charge < -0.3 is 9.64 Å². The van der Waals surface area contributed by atoms with Crippen LogP contribution in [0, 0.1) is 5.82 Å². The summed E-state index contributed by atoms with van der Waals surface area (Å²) in [6.45, 7) is 1.49. The number of carbonyl (C=O) groups excluding carboxylic acids is 1. The van der Waals surface area contributed by atoms with Gasteiger partial charge in [-0.3, -0.25) is 4.79 Å². The van der Waals surface area contributed by atoms with E-state index in [2.05, 4.69) is 10.3 Å². The van der Waals surface area contributed by atoms with Crippen LogP contribution in [0.5, 0.6) is 5.75 Å². The number of halogens is 1. The van der Waals surface area contributed by atoms with Crippen molar-refractivity contribution in [1.29, 1.82) is 0 Å². The van der Waals surface area contributed by atoms with Crippen LogP contribution in [0.3, 0.4) is 0 Å². The number of para-hydroxylation sites is 1. The maximum atomic E-state index is 13.4. The van der Waals surface area contributed by atoms with Crippen LogP contribution in [0.15, 0.2) is 60.8 Å². The third kappa shape index (κ3) is 3.58. The predicted molar refractivity (Wildman–Crippen MR) is 108 cm³/mol. The number of nitrogens with zero attached hydrogens (tertiary/aromatic N) is 4. The highest BCUT2D eigenvalue weighted by atomic mass is 32.1. The number of hydrogen-bond acceptors (Lipinski definition) is 5. The summed E-state index contributed by atoms with van der Waals surface area (Å²) in [5.74, 6) is 0.456. The molecule has 0 atom stereocenters. The molecule has 1 aliphatic heterocycles. The maximum Gasteiger partial charge on any atom is 0.264 e. The molecule has 5 rings (SSSR count).